The minimum Gasteiger partial charge on any atom is -0.303 e. The van der Waals surface area contributed by atoms with Crippen LogP contribution in [0.5, 0.6) is 0 Å². The third-order valence-corrected chi connectivity index (χ3v) is 2.86. The van der Waals surface area contributed by atoms with Gasteiger partial charge >= 0.3 is 0 Å². The Morgan fingerprint density at radius 1 is 1.27 bits per heavy atom. The van der Waals surface area contributed by atoms with Crippen molar-refractivity contribution in [3.05, 3.63) is 0 Å². The van der Waals surface area contributed by atoms with Crippen molar-refractivity contribution in [2.24, 2.45) is 17.3 Å². The van der Waals surface area contributed by atoms with Crippen molar-refractivity contribution in [2.45, 2.75) is 40.0 Å². The van der Waals surface area contributed by atoms with Gasteiger partial charge in [-0.15, -0.1) is 0 Å². The first-order valence-corrected chi connectivity index (χ1v) is 4.51. The Hall–Kier alpha value is -0.330. The molecule has 1 fully saturated rings. The van der Waals surface area contributed by atoms with Crippen LogP contribution >= 0.6 is 0 Å². The van der Waals surface area contributed by atoms with Gasteiger partial charge in [0.15, 0.2) is 0 Å². The minimum atomic E-state index is 0.322. The highest BCUT2D eigenvalue weighted by Gasteiger charge is 2.35. The van der Waals surface area contributed by atoms with Gasteiger partial charge in [0.2, 0.25) is 0 Å². The molecular formula is C10H18O. The molecule has 1 rings (SSSR count). The molecule has 0 amide bonds. The maximum atomic E-state index is 10.7. The molecule has 0 heterocycles. The molecule has 1 heteroatoms. The van der Waals surface area contributed by atoms with Crippen molar-refractivity contribution < 1.29 is 4.79 Å². The van der Waals surface area contributed by atoms with Crippen molar-refractivity contribution in [2.75, 3.05) is 0 Å². The van der Waals surface area contributed by atoms with Gasteiger partial charge in [-0.05, 0) is 24.2 Å². The molecule has 0 radical (unpaired) electrons. The summed E-state index contributed by atoms with van der Waals surface area (Å²) in [4.78, 5) is 10.7. The van der Waals surface area contributed by atoms with Gasteiger partial charge in [-0.1, -0.05) is 27.2 Å². The van der Waals surface area contributed by atoms with Crippen LogP contribution in [0.4, 0.5) is 0 Å². The fourth-order valence-corrected chi connectivity index (χ4v) is 2.23. The quantitative estimate of drug-likeness (QED) is 0.531. The fourth-order valence-electron chi connectivity index (χ4n) is 2.23. The fraction of sp³-hybridized carbons (Fsp3) is 0.900. The number of aldehydes is 1. The first kappa shape index (κ1) is 8.76. The van der Waals surface area contributed by atoms with Gasteiger partial charge < -0.3 is 4.79 Å². The third-order valence-electron chi connectivity index (χ3n) is 2.86. The number of rotatable bonds is 1. The van der Waals surface area contributed by atoms with E-state index in [4.69, 9.17) is 0 Å². The van der Waals surface area contributed by atoms with Crippen molar-refractivity contribution in [3.8, 4) is 0 Å². The van der Waals surface area contributed by atoms with E-state index in [2.05, 4.69) is 20.8 Å². The Kier molecular flexibility index (Phi) is 2.36. The van der Waals surface area contributed by atoms with Gasteiger partial charge in [-0.3, -0.25) is 0 Å². The summed E-state index contributed by atoms with van der Waals surface area (Å²) in [6.07, 6.45) is 4.76. The molecule has 1 aliphatic rings. The Balaban J connectivity index is 2.63. The molecule has 0 aromatic heterocycles. The second-order valence-corrected chi connectivity index (χ2v) is 4.70. The lowest BCUT2D eigenvalue weighted by Crippen LogP contribution is -2.24. The summed E-state index contributed by atoms with van der Waals surface area (Å²) in [5.41, 5.74) is 0.322. The van der Waals surface area contributed by atoms with Gasteiger partial charge in [-0.25, -0.2) is 0 Å². The van der Waals surface area contributed by atoms with Crippen LogP contribution in [0.15, 0.2) is 0 Å². The molecule has 0 N–H and O–H groups in total. The van der Waals surface area contributed by atoms with E-state index in [1.165, 1.54) is 12.8 Å². The summed E-state index contributed by atoms with van der Waals surface area (Å²) < 4.78 is 0. The van der Waals surface area contributed by atoms with Gasteiger partial charge in [0.05, 0.1) is 0 Å². The second-order valence-electron chi connectivity index (χ2n) is 4.70. The minimum absolute atomic E-state index is 0.322. The predicted octanol–water partition coefficient (Wildman–Crippen LogP) is 2.65. The normalized spacial score (nSPS) is 32.3. The Bertz CT molecular complexity index is 143. The summed E-state index contributed by atoms with van der Waals surface area (Å²) >= 11 is 0. The van der Waals surface area contributed by atoms with Gasteiger partial charge in [0, 0.05) is 5.92 Å². The van der Waals surface area contributed by atoms with E-state index in [0.29, 0.717) is 17.3 Å². The van der Waals surface area contributed by atoms with Crippen molar-refractivity contribution >= 4 is 6.29 Å². The van der Waals surface area contributed by atoms with Crippen molar-refractivity contribution in [1.29, 1.82) is 0 Å². The van der Waals surface area contributed by atoms with E-state index in [0.717, 1.165) is 12.7 Å². The zero-order valence-corrected chi connectivity index (χ0v) is 7.76. The predicted molar refractivity (Wildman–Crippen MR) is 46.4 cm³/mol. The van der Waals surface area contributed by atoms with E-state index < -0.39 is 0 Å². The maximum absolute atomic E-state index is 10.7. The standard InChI is InChI=1S/C10H18O/c1-10(2,3)9-6-4-5-8(9)7-11/h7-9H,4-6H2,1-3H3. The van der Waals surface area contributed by atoms with Gasteiger partial charge in [-0.2, -0.15) is 0 Å². The Morgan fingerprint density at radius 2 is 1.91 bits per heavy atom. The summed E-state index contributed by atoms with van der Waals surface area (Å²) in [7, 11) is 0. The SMILES string of the molecule is CC(C)(C)C1CCCC1C=O. The molecule has 2 unspecified atom stereocenters. The van der Waals surface area contributed by atoms with Crippen LogP contribution in [0.25, 0.3) is 0 Å². The molecule has 2 atom stereocenters. The highest BCUT2D eigenvalue weighted by molar-refractivity contribution is 5.54. The molecule has 1 nitrogen and oxygen atoms in total. The lowest BCUT2D eigenvalue weighted by Gasteiger charge is -2.29. The molecule has 0 aromatic rings. The average molecular weight is 154 g/mol. The average Bonchev–Trinajstić information content (AvgIpc) is 2.31. The molecule has 1 aliphatic carbocycles. The highest BCUT2D eigenvalue weighted by Crippen LogP contribution is 2.42. The zero-order chi connectivity index (χ0) is 8.48. The topological polar surface area (TPSA) is 17.1 Å². The van der Waals surface area contributed by atoms with E-state index in [9.17, 15) is 4.79 Å². The Morgan fingerprint density at radius 3 is 2.27 bits per heavy atom. The van der Waals surface area contributed by atoms with Crippen LogP contribution < -0.4 is 0 Å². The number of hydrogen-bond acceptors (Lipinski definition) is 1. The summed E-state index contributed by atoms with van der Waals surface area (Å²) in [5.74, 6) is 0.968. The zero-order valence-electron chi connectivity index (χ0n) is 7.76. The number of carbonyl (C=O) groups excluding carboxylic acids is 1. The largest absolute Gasteiger partial charge is 0.303 e. The molecular weight excluding hydrogens is 136 g/mol. The molecule has 64 valence electrons. The Labute approximate surface area is 69.2 Å². The third kappa shape index (κ3) is 1.82. The van der Waals surface area contributed by atoms with Crippen LogP contribution in [0, 0.1) is 17.3 Å². The monoisotopic (exact) mass is 154 g/mol. The van der Waals surface area contributed by atoms with E-state index in [1.807, 2.05) is 0 Å². The highest BCUT2D eigenvalue weighted by atomic mass is 16.1. The molecule has 0 aromatic carbocycles. The van der Waals surface area contributed by atoms with Gasteiger partial charge in [0.25, 0.3) is 0 Å². The number of hydrogen-bond donors (Lipinski definition) is 0. The molecule has 0 aliphatic heterocycles. The molecule has 0 saturated heterocycles. The number of carbonyl (C=O) groups is 1. The van der Waals surface area contributed by atoms with E-state index in [-0.39, 0.29) is 0 Å². The lowest BCUT2D eigenvalue weighted by atomic mass is 9.75. The maximum Gasteiger partial charge on any atom is 0.123 e. The molecule has 0 bridgehead atoms. The van der Waals surface area contributed by atoms with Crippen LogP contribution in [-0.2, 0) is 4.79 Å². The van der Waals surface area contributed by atoms with Crippen LogP contribution in [0.2, 0.25) is 0 Å². The summed E-state index contributed by atoms with van der Waals surface area (Å²) in [5, 5.41) is 0. The molecule has 1 saturated carbocycles. The van der Waals surface area contributed by atoms with Crippen molar-refractivity contribution in [3.63, 3.8) is 0 Å². The van der Waals surface area contributed by atoms with Crippen LogP contribution in [0.1, 0.15) is 40.0 Å². The van der Waals surface area contributed by atoms with E-state index >= 15 is 0 Å². The smallest absolute Gasteiger partial charge is 0.123 e. The van der Waals surface area contributed by atoms with Crippen molar-refractivity contribution in [1.82, 2.24) is 0 Å². The van der Waals surface area contributed by atoms with Gasteiger partial charge in [0.1, 0.15) is 6.29 Å². The summed E-state index contributed by atoms with van der Waals surface area (Å²) in [6, 6.07) is 0. The van der Waals surface area contributed by atoms with Crippen LogP contribution in [-0.4, -0.2) is 6.29 Å². The molecule has 0 spiro atoms. The first-order chi connectivity index (χ1) is 5.05. The molecule has 11 heavy (non-hydrogen) atoms. The lowest BCUT2D eigenvalue weighted by molar-refractivity contribution is -0.113. The first-order valence-electron chi connectivity index (χ1n) is 4.51. The second kappa shape index (κ2) is 2.96. The van der Waals surface area contributed by atoms with E-state index in [1.54, 1.807) is 0 Å². The van der Waals surface area contributed by atoms with Crippen LogP contribution in [0.3, 0.4) is 0 Å². The summed E-state index contributed by atoms with van der Waals surface area (Å²) in [6.45, 7) is 6.71.